The van der Waals surface area contributed by atoms with Gasteiger partial charge in [0.05, 0.1) is 6.61 Å². The summed E-state index contributed by atoms with van der Waals surface area (Å²) in [7, 11) is 0. The second kappa shape index (κ2) is 3.89. The third-order valence-electron chi connectivity index (χ3n) is 1.52. The van der Waals surface area contributed by atoms with Gasteiger partial charge >= 0.3 is 0 Å². The molecule has 1 heteroatoms. The Kier molecular flexibility index (Phi) is 3.87. The summed E-state index contributed by atoms with van der Waals surface area (Å²) in [6.45, 7) is 7.54. The number of hydrogen-bond acceptors (Lipinski definition) is 1. The zero-order valence-electron chi connectivity index (χ0n) is 6.65. The lowest BCUT2D eigenvalue weighted by Crippen LogP contribution is -2.10. The fourth-order valence-corrected chi connectivity index (χ4v) is 0.697. The zero-order valence-corrected chi connectivity index (χ0v) is 6.65. The maximum Gasteiger partial charge on any atom is 0.0855 e. The highest BCUT2D eigenvalue weighted by atomic mass is 16.3. The van der Waals surface area contributed by atoms with Crippen molar-refractivity contribution in [1.29, 1.82) is 0 Å². The number of unbranched alkanes of at least 4 members (excludes halogenated alkanes) is 1. The lowest BCUT2D eigenvalue weighted by atomic mass is 9.88. The maximum absolute atomic E-state index is 8.70. The van der Waals surface area contributed by atoms with Crippen molar-refractivity contribution in [2.24, 2.45) is 5.41 Å². The van der Waals surface area contributed by atoms with E-state index in [0.717, 1.165) is 6.42 Å². The first-order chi connectivity index (χ1) is 4.12. The fourth-order valence-electron chi connectivity index (χ4n) is 0.697. The summed E-state index contributed by atoms with van der Waals surface area (Å²) in [5, 5.41) is 8.70. The maximum atomic E-state index is 8.70. The van der Waals surface area contributed by atoms with Crippen molar-refractivity contribution in [3.8, 4) is 0 Å². The van der Waals surface area contributed by atoms with Crippen LogP contribution in [0.3, 0.4) is 0 Å². The molecule has 0 saturated carbocycles. The first-order valence-electron chi connectivity index (χ1n) is 3.61. The lowest BCUT2D eigenvalue weighted by Gasteiger charge is -2.19. The van der Waals surface area contributed by atoms with E-state index in [2.05, 4.69) is 6.92 Å². The van der Waals surface area contributed by atoms with Gasteiger partial charge in [0.25, 0.3) is 0 Å². The molecular formula is C8H17O. The molecule has 0 saturated heterocycles. The predicted octanol–water partition coefficient (Wildman–Crippen LogP) is 2.74. The molecule has 0 heterocycles. The van der Waals surface area contributed by atoms with Crippen LogP contribution in [0, 0.1) is 12.0 Å². The molecule has 55 valence electrons. The van der Waals surface area contributed by atoms with E-state index in [-0.39, 0.29) is 5.41 Å². The molecule has 1 nitrogen and oxygen atoms in total. The van der Waals surface area contributed by atoms with E-state index >= 15 is 0 Å². The molecule has 1 N–H and O–H groups in total. The van der Waals surface area contributed by atoms with Gasteiger partial charge in [-0.15, -0.1) is 0 Å². The minimum Gasteiger partial charge on any atom is -0.390 e. The van der Waals surface area contributed by atoms with Gasteiger partial charge < -0.3 is 5.11 Å². The molecule has 0 spiro atoms. The average molecular weight is 129 g/mol. The van der Waals surface area contributed by atoms with Crippen LogP contribution in [0.1, 0.15) is 40.0 Å². The molecule has 0 fully saturated rings. The van der Waals surface area contributed by atoms with Crippen LogP contribution in [0.2, 0.25) is 0 Å². The van der Waals surface area contributed by atoms with Crippen LogP contribution in [-0.2, 0) is 0 Å². The first kappa shape index (κ1) is 8.96. The predicted molar refractivity (Wildman–Crippen MR) is 39.5 cm³/mol. The van der Waals surface area contributed by atoms with Gasteiger partial charge in [-0.2, -0.15) is 0 Å². The van der Waals surface area contributed by atoms with Gasteiger partial charge in [-0.1, -0.05) is 33.6 Å². The van der Waals surface area contributed by atoms with Crippen LogP contribution in [0.15, 0.2) is 0 Å². The summed E-state index contributed by atoms with van der Waals surface area (Å²) >= 11 is 0. The summed E-state index contributed by atoms with van der Waals surface area (Å²) in [6.07, 6.45) is 3.49. The summed E-state index contributed by atoms with van der Waals surface area (Å²) in [4.78, 5) is 0. The highest BCUT2D eigenvalue weighted by Crippen LogP contribution is 2.24. The Morgan fingerprint density at radius 1 is 1.44 bits per heavy atom. The fraction of sp³-hybridized carbons (Fsp3) is 0.875. The normalized spacial score (nSPS) is 12.0. The van der Waals surface area contributed by atoms with Gasteiger partial charge in [0.15, 0.2) is 0 Å². The quantitative estimate of drug-likeness (QED) is 0.618. The van der Waals surface area contributed by atoms with Gasteiger partial charge in [0.2, 0.25) is 0 Å². The van der Waals surface area contributed by atoms with E-state index in [0.29, 0.717) is 0 Å². The van der Waals surface area contributed by atoms with Crippen molar-refractivity contribution in [2.75, 3.05) is 0 Å². The summed E-state index contributed by atoms with van der Waals surface area (Å²) in [5.41, 5.74) is 0.0238. The number of rotatable bonds is 4. The molecule has 0 aliphatic rings. The van der Waals surface area contributed by atoms with Gasteiger partial charge in [-0.25, -0.2) is 0 Å². The molecular weight excluding hydrogens is 112 g/mol. The average Bonchev–Trinajstić information content (AvgIpc) is 1.84. The van der Waals surface area contributed by atoms with Crippen LogP contribution >= 0.6 is 0 Å². The molecule has 0 aliphatic carbocycles. The number of aliphatic hydroxyl groups excluding tert-OH is 1. The molecule has 0 aromatic rings. The SMILES string of the molecule is CCCCC(C)(C)[CH]O. The van der Waals surface area contributed by atoms with Crippen molar-refractivity contribution < 1.29 is 5.11 Å². The third kappa shape index (κ3) is 4.46. The molecule has 0 aliphatic heterocycles. The van der Waals surface area contributed by atoms with Crippen LogP contribution in [0.4, 0.5) is 0 Å². The molecule has 0 unspecified atom stereocenters. The largest absolute Gasteiger partial charge is 0.390 e. The highest BCUT2D eigenvalue weighted by molar-refractivity contribution is 4.74. The minimum absolute atomic E-state index is 0.0238. The van der Waals surface area contributed by atoms with E-state index in [4.69, 9.17) is 5.11 Å². The van der Waals surface area contributed by atoms with Gasteiger partial charge in [-0.05, 0) is 11.8 Å². The second-order valence-electron chi connectivity index (χ2n) is 3.22. The van der Waals surface area contributed by atoms with Gasteiger partial charge in [-0.3, -0.25) is 0 Å². The highest BCUT2D eigenvalue weighted by Gasteiger charge is 2.15. The summed E-state index contributed by atoms with van der Waals surface area (Å²) < 4.78 is 0. The Balaban J connectivity index is 3.33. The second-order valence-corrected chi connectivity index (χ2v) is 3.22. The molecule has 0 amide bonds. The van der Waals surface area contributed by atoms with Crippen molar-refractivity contribution >= 4 is 0 Å². The van der Waals surface area contributed by atoms with Crippen molar-refractivity contribution in [3.05, 3.63) is 6.61 Å². The Morgan fingerprint density at radius 3 is 2.33 bits per heavy atom. The smallest absolute Gasteiger partial charge is 0.0855 e. The van der Waals surface area contributed by atoms with Crippen molar-refractivity contribution in [1.82, 2.24) is 0 Å². The molecule has 0 aromatic heterocycles. The topological polar surface area (TPSA) is 20.2 Å². The van der Waals surface area contributed by atoms with Crippen LogP contribution in [0.5, 0.6) is 0 Å². The zero-order chi connectivity index (χ0) is 7.33. The molecule has 0 bridgehead atoms. The lowest BCUT2D eigenvalue weighted by molar-refractivity contribution is 0.226. The molecule has 0 rings (SSSR count). The standard InChI is InChI=1S/C8H17O/c1-4-5-6-8(2,3)7-9/h7,9H,4-6H2,1-3H3. The Bertz CT molecular complexity index is 67.0. The van der Waals surface area contributed by atoms with Crippen LogP contribution < -0.4 is 0 Å². The van der Waals surface area contributed by atoms with Crippen molar-refractivity contribution in [3.63, 3.8) is 0 Å². The van der Waals surface area contributed by atoms with Crippen molar-refractivity contribution in [2.45, 2.75) is 40.0 Å². The number of hydrogen-bond donors (Lipinski definition) is 1. The molecule has 1 radical (unpaired) electrons. The molecule has 0 atom stereocenters. The third-order valence-corrected chi connectivity index (χ3v) is 1.52. The summed E-state index contributed by atoms with van der Waals surface area (Å²) in [5.74, 6) is 0. The minimum atomic E-state index is 0.0238. The van der Waals surface area contributed by atoms with Gasteiger partial charge in [0, 0.05) is 0 Å². The van der Waals surface area contributed by atoms with E-state index in [1.54, 1.807) is 0 Å². The molecule has 9 heavy (non-hydrogen) atoms. The van der Waals surface area contributed by atoms with E-state index in [9.17, 15) is 0 Å². The van der Waals surface area contributed by atoms with Crippen LogP contribution in [0.25, 0.3) is 0 Å². The Labute approximate surface area is 58.1 Å². The van der Waals surface area contributed by atoms with E-state index in [1.165, 1.54) is 19.4 Å². The van der Waals surface area contributed by atoms with E-state index < -0.39 is 0 Å². The van der Waals surface area contributed by atoms with Crippen LogP contribution in [-0.4, -0.2) is 5.11 Å². The molecule has 0 aromatic carbocycles. The monoisotopic (exact) mass is 129 g/mol. The first-order valence-corrected chi connectivity index (χ1v) is 3.61. The Hall–Kier alpha value is -0.0400. The van der Waals surface area contributed by atoms with E-state index in [1.807, 2.05) is 13.8 Å². The van der Waals surface area contributed by atoms with Gasteiger partial charge in [0.1, 0.15) is 0 Å². The number of aliphatic hydroxyl groups is 1. The summed E-state index contributed by atoms with van der Waals surface area (Å²) in [6, 6.07) is 0. The Morgan fingerprint density at radius 2 is 2.00 bits per heavy atom.